The molecule has 0 N–H and O–H groups in total. The Bertz CT molecular complexity index is 777. The monoisotopic (exact) mass is 305 g/mol. The molecular weight excluding hydrogens is 292 g/mol. The average Bonchev–Trinajstić information content (AvgIpc) is 3.12. The van der Waals surface area contributed by atoms with Crippen LogP contribution in [0, 0.1) is 0 Å². The fraction of sp³-hybridized carbons (Fsp3) is 0.214. The maximum atomic E-state index is 12.8. The van der Waals surface area contributed by atoms with Crippen molar-refractivity contribution in [3.05, 3.63) is 54.2 Å². The molecule has 114 valence electrons. The number of hydrogen-bond acceptors (Lipinski definition) is 3. The predicted molar refractivity (Wildman–Crippen MR) is 74.5 cm³/mol. The van der Waals surface area contributed by atoms with Crippen LogP contribution in [-0.4, -0.2) is 37.0 Å². The summed E-state index contributed by atoms with van der Waals surface area (Å²) in [4.78, 5) is 18.0. The molecule has 3 aromatic heterocycles. The van der Waals surface area contributed by atoms with Gasteiger partial charge in [-0.05, 0) is 18.2 Å². The minimum atomic E-state index is -2.85. The summed E-state index contributed by atoms with van der Waals surface area (Å²) in [5.41, 5.74) is 1.28. The highest BCUT2D eigenvalue weighted by Gasteiger charge is 2.21. The number of alkyl halides is 2. The van der Waals surface area contributed by atoms with Crippen LogP contribution in [-0.2, 0) is 6.54 Å². The van der Waals surface area contributed by atoms with Gasteiger partial charge < -0.3 is 9.30 Å². The average molecular weight is 305 g/mol. The first-order valence-electron chi connectivity index (χ1n) is 6.56. The Balaban J connectivity index is 1.80. The molecule has 22 heavy (non-hydrogen) atoms. The normalized spacial score (nSPS) is 11.3. The van der Waals surface area contributed by atoms with Crippen molar-refractivity contribution in [2.75, 3.05) is 7.05 Å². The van der Waals surface area contributed by atoms with Crippen LogP contribution < -0.4 is 0 Å². The largest absolute Gasteiger partial charge is 0.334 e. The van der Waals surface area contributed by atoms with E-state index in [1.807, 2.05) is 28.8 Å². The van der Waals surface area contributed by atoms with E-state index in [-0.39, 0.29) is 12.2 Å². The minimum absolute atomic E-state index is 0.152. The SMILES string of the molecule is CN(Cc1cn2ccccc2n1)C(=O)c1ccnn1C(F)F. The highest BCUT2D eigenvalue weighted by molar-refractivity contribution is 5.92. The van der Waals surface area contributed by atoms with E-state index in [2.05, 4.69) is 10.1 Å². The maximum Gasteiger partial charge on any atom is 0.333 e. The van der Waals surface area contributed by atoms with Crippen LogP contribution in [0.5, 0.6) is 0 Å². The Labute approximate surface area is 124 Å². The number of carbonyl (C=O) groups is 1. The number of nitrogens with zero attached hydrogens (tertiary/aromatic N) is 5. The van der Waals surface area contributed by atoms with Gasteiger partial charge >= 0.3 is 6.55 Å². The molecule has 3 heterocycles. The molecule has 0 unspecified atom stereocenters. The van der Waals surface area contributed by atoms with Gasteiger partial charge in [-0.3, -0.25) is 4.79 Å². The quantitative estimate of drug-likeness (QED) is 0.742. The van der Waals surface area contributed by atoms with Crippen LogP contribution in [0.4, 0.5) is 8.78 Å². The molecule has 0 saturated carbocycles. The fourth-order valence-corrected chi connectivity index (χ4v) is 2.21. The fourth-order valence-electron chi connectivity index (χ4n) is 2.21. The van der Waals surface area contributed by atoms with Crippen LogP contribution in [0.15, 0.2) is 42.9 Å². The third kappa shape index (κ3) is 2.54. The Morgan fingerprint density at radius 2 is 2.18 bits per heavy atom. The second-order valence-corrected chi connectivity index (χ2v) is 4.80. The summed E-state index contributed by atoms with van der Waals surface area (Å²) in [7, 11) is 1.54. The highest BCUT2D eigenvalue weighted by Crippen LogP contribution is 2.15. The van der Waals surface area contributed by atoms with Gasteiger partial charge in [0.1, 0.15) is 11.3 Å². The zero-order valence-electron chi connectivity index (χ0n) is 11.7. The number of hydrogen-bond donors (Lipinski definition) is 0. The van der Waals surface area contributed by atoms with Crippen molar-refractivity contribution >= 4 is 11.6 Å². The lowest BCUT2D eigenvalue weighted by Crippen LogP contribution is -2.28. The first-order valence-corrected chi connectivity index (χ1v) is 6.56. The van der Waals surface area contributed by atoms with Gasteiger partial charge in [-0.15, -0.1) is 0 Å². The first kappa shape index (κ1) is 14.2. The number of amides is 1. The first-order chi connectivity index (χ1) is 10.6. The van der Waals surface area contributed by atoms with E-state index in [1.54, 1.807) is 6.20 Å². The zero-order valence-corrected chi connectivity index (χ0v) is 11.7. The van der Waals surface area contributed by atoms with Crippen molar-refractivity contribution in [1.82, 2.24) is 24.1 Å². The molecule has 0 bridgehead atoms. The van der Waals surface area contributed by atoms with Crippen LogP contribution in [0.3, 0.4) is 0 Å². The summed E-state index contributed by atoms with van der Waals surface area (Å²) >= 11 is 0. The third-order valence-corrected chi connectivity index (χ3v) is 3.23. The smallest absolute Gasteiger partial charge is 0.333 e. The maximum absolute atomic E-state index is 12.8. The molecule has 0 spiro atoms. The summed E-state index contributed by atoms with van der Waals surface area (Å²) < 4.78 is 27.8. The molecule has 0 atom stereocenters. The Morgan fingerprint density at radius 1 is 1.36 bits per heavy atom. The van der Waals surface area contributed by atoms with E-state index < -0.39 is 12.5 Å². The lowest BCUT2D eigenvalue weighted by atomic mass is 10.3. The van der Waals surface area contributed by atoms with E-state index in [4.69, 9.17) is 0 Å². The number of imidazole rings is 1. The molecule has 1 amide bonds. The topological polar surface area (TPSA) is 55.4 Å². The van der Waals surface area contributed by atoms with Gasteiger partial charge in [-0.25, -0.2) is 4.98 Å². The number of carbonyl (C=O) groups excluding carboxylic acids is 1. The second kappa shape index (κ2) is 5.55. The van der Waals surface area contributed by atoms with Crippen molar-refractivity contribution in [1.29, 1.82) is 0 Å². The van der Waals surface area contributed by atoms with E-state index in [0.717, 1.165) is 5.65 Å². The highest BCUT2D eigenvalue weighted by atomic mass is 19.3. The molecule has 0 aliphatic rings. The van der Waals surface area contributed by atoms with Gasteiger partial charge in [0.2, 0.25) is 0 Å². The van der Waals surface area contributed by atoms with Gasteiger partial charge in [0.25, 0.3) is 5.91 Å². The van der Waals surface area contributed by atoms with Crippen molar-refractivity contribution in [2.24, 2.45) is 0 Å². The molecule has 0 aliphatic carbocycles. The van der Waals surface area contributed by atoms with Crippen molar-refractivity contribution in [3.8, 4) is 0 Å². The molecular formula is C14H13F2N5O. The van der Waals surface area contributed by atoms with Crippen molar-refractivity contribution in [3.63, 3.8) is 0 Å². The van der Waals surface area contributed by atoms with Crippen LogP contribution in [0.2, 0.25) is 0 Å². The van der Waals surface area contributed by atoms with Gasteiger partial charge in [0, 0.05) is 25.6 Å². The molecule has 0 saturated heterocycles. The molecule has 3 aromatic rings. The summed E-state index contributed by atoms with van der Waals surface area (Å²) in [5, 5.41) is 3.46. The summed E-state index contributed by atoms with van der Waals surface area (Å²) in [6.07, 6.45) is 4.82. The molecule has 0 aromatic carbocycles. The summed E-state index contributed by atoms with van der Waals surface area (Å²) in [6.45, 7) is -2.63. The number of fused-ring (bicyclic) bond motifs is 1. The Morgan fingerprint density at radius 3 is 2.91 bits per heavy atom. The summed E-state index contributed by atoms with van der Waals surface area (Å²) in [5.74, 6) is -0.533. The van der Waals surface area contributed by atoms with E-state index >= 15 is 0 Å². The molecule has 0 fully saturated rings. The summed E-state index contributed by atoms with van der Waals surface area (Å²) in [6, 6.07) is 6.85. The van der Waals surface area contributed by atoms with E-state index in [0.29, 0.717) is 10.4 Å². The zero-order chi connectivity index (χ0) is 15.7. The Hall–Kier alpha value is -2.77. The molecule has 8 heteroatoms. The third-order valence-electron chi connectivity index (χ3n) is 3.23. The molecule has 3 rings (SSSR count). The van der Waals surface area contributed by atoms with Crippen molar-refractivity contribution in [2.45, 2.75) is 13.1 Å². The van der Waals surface area contributed by atoms with Crippen LogP contribution in [0.25, 0.3) is 5.65 Å². The van der Waals surface area contributed by atoms with Crippen LogP contribution >= 0.6 is 0 Å². The number of aromatic nitrogens is 4. The standard InChI is InChI=1S/C14H13F2N5O/c1-19(13(22)11-5-6-17-21(11)14(15)16)8-10-9-20-7-3-2-4-12(20)18-10/h2-7,9,14H,8H2,1H3. The van der Waals surface area contributed by atoms with E-state index in [1.165, 1.54) is 24.2 Å². The van der Waals surface area contributed by atoms with E-state index in [9.17, 15) is 13.6 Å². The second-order valence-electron chi connectivity index (χ2n) is 4.80. The number of rotatable bonds is 4. The van der Waals surface area contributed by atoms with Gasteiger partial charge in [-0.2, -0.15) is 18.6 Å². The van der Waals surface area contributed by atoms with Gasteiger partial charge in [0.15, 0.2) is 0 Å². The Kier molecular flexibility index (Phi) is 3.58. The van der Waals surface area contributed by atoms with Crippen LogP contribution in [0.1, 0.15) is 22.7 Å². The minimum Gasteiger partial charge on any atom is -0.334 e. The van der Waals surface area contributed by atoms with Crippen molar-refractivity contribution < 1.29 is 13.6 Å². The molecule has 6 nitrogen and oxygen atoms in total. The lowest BCUT2D eigenvalue weighted by molar-refractivity contribution is 0.0472. The molecule has 0 radical (unpaired) electrons. The van der Waals surface area contributed by atoms with Gasteiger partial charge in [-0.1, -0.05) is 6.07 Å². The van der Waals surface area contributed by atoms with Gasteiger partial charge in [0.05, 0.1) is 12.2 Å². The number of pyridine rings is 1. The number of halogens is 2. The predicted octanol–water partition coefficient (Wildman–Crippen LogP) is 2.20. The lowest BCUT2D eigenvalue weighted by Gasteiger charge is -2.16. The molecule has 0 aliphatic heterocycles.